The first-order valence-electron chi connectivity index (χ1n) is 4.99. The summed E-state index contributed by atoms with van der Waals surface area (Å²) in [4.78, 5) is 0. The third-order valence-corrected chi connectivity index (χ3v) is 3.74. The second-order valence-corrected chi connectivity index (χ2v) is 4.92. The summed E-state index contributed by atoms with van der Waals surface area (Å²) in [5, 5.41) is 0.134. The van der Waals surface area contributed by atoms with E-state index in [1.54, 1.807) is 7.11 Å². The number of hydrogen-bond acceptors (Lipinski definition) is 2. The first kappa shape index (κ1) is 12.0. The van der Waals surface area contributed by atoms with Gasteiger partial charge in [0.25, 0.3) is 0 Å². The minimum atomic E-state index is -1.06. The standard InChI is InChI=1S/C11H17NO2S/c1-4-9(2)15(13)12-10-7-5-6-8-11(10)14-3/h5-9,12H,4H2,1-3H3/t9-,15-/m1/s1. The Morgan fingerprint density at radius 3 is 2.73 bits per heavy atom. The molecule has 1 aromatic carbocycles. The molecule has 0 aliphatic rings. The van der Waals surface area contributed by atoms with Crippen LogP contribution >= 0.6 is 0 Å². The average Bonchev–Trinajstić information content (AvgIpc) is 2.28. The van der Waals surface area contributed by atoms with Gasteiger partial charge in [-0.3, -0.25) is 0 Å². The summed E-state index contributed by atoms with van der Waals surface area (Å²) >= 11 is 0. The van der Waals surface area contributed by atoms with E-state index in [-0.39, 0.29) is 5.25 Å². The molecule has 2 atom stereocenters. The molecule has 0 heterocycles. The Hall–Kier alpha value is -1.03. The third-order valence-electron chi connectivity index (χ3n) is 2.26. The van der Waals surface area contributed by atoms with Crippen LogP contribution in [0.15, 0.2) is 24.3 Å². The molecule has 1 aromatic rings. The highest BCUT2D eigenvalue weighted by atomic mass is 32.2. The highest BCUT2D eigenvalue weighted by Gasteiger charge is 2.10. The first-order chi connectivity index (χ1) is 7.19. The van der Waals surface area contributed by atoms with Crippen molar-refractivity contribution in [3.63, 3.8) is 0 Å². The van der Waals surface area contributed by atoms with Gasteiger partial charge in [0.05, 0.1) is 18.0 Å². The van der Waals surface area contributed by atoms with Crippen molar-refractivity contribution in [2.24, 2.45) is 0 Å². The minimum Gasteiger partial charge on any atom is -0.495 e. The fourth-order valence-electron chi connectivity index (χ4n) is 1.09. The van der Waals surface area contributed by atoms with Crippen LogP contribution in [0.3, 0.4) is 0 Å². The van der Waals surface area contributed by atoms with Crippen LogP contribution in [0.2, 0.25) is 0 Å². The van der Waals surface area contributed by atoms with Crippen molar-refractivity contribution >= 4 is 16.7 Å². The number of ether oxygens (including phenoxy) is 1. The normalized spacial score (nSPS) is 14.3. The molecule has 1 rings (SSSR count). The Balaban J connectivity index is 2.76. The van der Waals surface area contributed by atoms with Gasteiger partial charge in [-0.2, -0.15) is 0 Å². The molecule has 0 bridgehead atoms. The fraction of sp³-hybridized carbons (Fsp3) is 0.455. The van der Waals surface area contributed by atoms with Gasteiger partial charge in [-0.25, -0.2) is 4.21 Å². The maximum absolute atomic E-state index is 11.8. The molecule has 15 heavy (non-hydrogen) atoms. The Morgan fingerprint density at radius 1 is 1.47 bits per heavy atom. The zero-order valence-electron chi connectivity index (χ0n) is 9.32. The predicted octanol–water partition coefficient (Wildman–Crippen LogP) is 2.57. The average molecular weight is 227 g/mol. The highest BCUT2D eigenvalue weighted by molar-refractivity contribution is 7.87. The van der Waals surface area contributed by atoms with Gasteiger partial charge >= 0.3 is 0 Å². The molecule has 1 N–H and O–H groups in total. The molecule has 0 radical (unpaired) electrons. The molecule has 4 heteroatoms. The molecule has 0 saturated carbocycles. The van der Waals surface area contributed by atoms with Crippen molar-refractivity contribution in [2.75, 3.05) is 11.8 Å². The van der Waals surface area contributed by atoms with Gasteiger partial charge in [0.1, 0.15) is 16.7 Å². The van der Waals surface area contributed by atoms with E-state index < -0.39 is 11.0 Å². The topological polar surface area (TPSA) is 38.3 Å². The fourth-order valence-corrected chi connectivity index (χ4v) is 1.98. The van der Waals surface area contributed by atoms with Gasteiger partial charge in [-0.15, -0.1) is 0 Å². The van der Waals surface area contributed by atoms with Gasteiger partial charge in [0.2, 0.25) is 0 Å². The van der Waals surface area contributed by atoms with Gasteiger partial charge in [0, 0.05) is 0 Å². The van der Waals surface area contributed by atoms with Crippen molar-refractivity contribution in [1.82, 2.24) is 0 Å². The summed E-state index contributed by atoms with van der Waals surface area (Å²) in [5.74, 6) is 0.717. The lowest BCUT2D eigenvalue weighted by Gasteiger charge is -2.13. The summed E-state index contributed by atoms with van der Waals surface area (Å²) < 4.78 is 19.9. The maximum Gasteiger partial charge on any atom is 0.142 e. The van der Waals surface area contributed by atoms with Gasteiger partial charge in [0.15, 0.2) is 0 Å². The van der Waals surface area contributed by atoms with Crippen molar-refractivity contribution in [3.8, 4) is 5.75 Å². The molecule has 0 aromatic heterocycles. The summed E-state index contributed by atoms with van der Waals surface area (Å²) in [6, 6.07) is 7.48. The number of rotatable bonds is 5. The third kappa shape index (κ3) is 3.23. The van der Waals surface area contributed by atoms with Crippen LogP contribution in [-0.4, -0.2) is 16.6 Å². The van der Waals surface area contributed by atoms with Gasteiger partial charge in [-0.1, -0.05) is 19.1 Å². The van der Waals surface area contributed by atoms with E-state index in [4.69, 9.17) is 4.74 Å². The molecular formula is C11H17NO2S. The predicted molar refractivity (Wildman–Crippen MR) is 64.5 cm³/mol. The first-order valence-corrected chi connectivity index (χ1v) is 6.20. The molecule has 0 aliphatic carbocycles. The molecule has 0 aliphatic heterocycles. The van der Waals surface area contributed by atoms with E-state index in [1.165, 1.54) is 0 Å². The molecular weight excluding hydrogens is 210 g/mol. The van der Waals surface area contributed by atoms with E-state index in [1.807, 2.05) is 38.1 Å². The number of para-hydroxylation sites is 2. The number of benzene rings is 1. The number of nitrogens with one attached hydrogen (secondary N) is 1. The Morgan fingerprint density at radius 2 is 2.13 bits per heavy atom. The summed E-state index contributed by atoms with van der Waals surface area (Å²) in [6.07, 6.45) is 0.884. The lowest BCUT2D eigenvalue weighted by Crippen LogP contribution is -2.17. The van der Waals surface area contributed by atoms with E-state index in [9.17, 15) is 4.21 Å². The second-order valence-electron chi connectivity index (χ2n) is 3.32. The van der Waals surface area contributed by atoms with Crippen LogP contribution in [0.25, 0.3) is 0 Å². The Bertz CT molecular complexity index is 341. The Labute approximate surface area is 93.4 Å². The Kier molecular flexibility index (Phi) is 4.62. The largest absolute Gasteiger partial charge is 0.495 e. The van der Waals surface area contributed by atoms with E-state index >= 15 is 0 Å². The van der Waals surface area contributed by atoms with E-state index in [2.05, 4.69) is 4.72 Å². The van der Waals surface area contributed by atoms with Crippen molar-refractivity contribution in [3.05, 3.63) is 24.3 Å². The number of anilines is 1. The lowest BCUT2D eigenvalue weighted by atomic mass is 10.3. The monoisotopic (exact) mass is 227 g/mol. The number of hydrogen-bond donors (Lipinski definition) is 1. The van der Waals surface area contributed by atoms with E-state index in [0.29, 0.717) is 5.75 Å². The second kappa shape index (κ2) is 5.75. The van der Waals surface area contributed by atoms with E-state index in [0.717, 1.165) is 12.1 Å². The zero-order chi connectivity index (χ0) is 11.3. The molecule has 84 valence electrons. The summed E-state index contributed by atoms with van der Waals surface area (Å²) in [5.41, 5.74) is 0.777. The molecule has 3 nitrogen and oxygen atoms in total. The quantitative estimate of drug-likeness (QED) is 0.839. The van der Waals surface area contributed by atoms with Crippen LogP contribution in [0, 0.1) is 0 Å². The summed E-state index contributed by atoms with van der Waals surface area (Å²) in [7, 11) is 0.546. The van der Waals surface area contributed by atoms with Gasteiger partial charge < -0.3 is 9.46 Å². The van der Waals surface area contributed by atoms with Crippen molar-refractivity contribution in [2.45, 2.75) is 25.5 Å². The van der Waals surface area contributed by atoms with Crippen molar-refractivity contribution < 1.29 is 8.95 Å². The van der Waals surface area contributed by atoms with Crippen LogP contribution in [0.1, 0.15) is 20.3 Å². The maximum atomic E-state index is 11.8. The zero-order valence-corrected chi connectivity index (χ0v) is 10.1. The van der Waals surface area contributed by atoms with Crippen LogP contribution < -0.4 is 9.46 Å². The molecule has 0 spiro atoms. The highest BCUT2D eigenvalue weighted by Crippen LogP contribution is 2.24. The van der Waals surface area contributed by atoms with Crippen molar-refractivity contribution in [1.29, 1.82) is 0 Å². The van der Waals surface area contributed by atoms with Crippen LogP contribution in [0.4, 0.5) is 5.69 Å². The molecule has 0 fully saturated rings. The van der Waals surface area contributed by atoms with Crippen LogP contribution in [-0.2, 0) is 11.0 Å². The lowest BCUT2D eigenvalue weighted by molar-refractivity contribution is 0.417. The summed E-state index contributed by atoms with van der Waals surface area (Å²) in [6.45, 7) is 3.98. The molecule has 0 unspecified atom stereocenters. The van der Waals surface area contributed by atoms with Crippen LogP contribution in [0.5, 0.6) is 5.75 Å². The number of methoxy groups -OCH3 is 1. The SMILES string of the molecule is CC[C@@H](C)[S@@](=O)Nc1ccccc1OC. The smallest absolute Gasteiger partial charge is 0.142 e. The van der Waals surface area contributed by atoms with Gasteiger partial charge in [-0.05, 0) is 25.5 Å². The molecule has 0 saturated heterocycles. The molecule has 0 amide bonds. The minimum absolute atomic E-state index is 0.134.